The summed E-state index contributed by atoms with van der Waals surface area (Å²) in [5.41, 5.74) is 1.45. The zero-order chi connectivity index (χ0) is 11.7. The molecule has 1 aliphatic rings. The topological polar surface area (TPSA) is 49.6 Å². The quantitative estimate of drug-likeness (QED) is 0.811. The highest BCUT2D eigenvalue weighted by molar-refractivity contribution is 7.10. The second kappa shape index (κ2) is 3.94. The predicted octanol–water partition coefficient (Wildman–Crippen LogP) is 3.15. The highest BCUT2D eigenvalue weighted by atomic mass is 32.1. The van der Waals surface area contributed by atoms with E-state index in [0.717, 1.165) is 35.7 Å². The van der Waals surface area contributed by atoms with Gasteiger partial charge in [0.1, 0.15) is 10.4 Å². The van der Waals surface area contributed by atoms with Gasteiger partial charge in [0.15, 0.2) is 0 Å². The number of hydrogen-bond acceptors (Lipinski definition) is 4. The summed E-state index contributed by atoms with van der Waals surface area (Å²) in [6, 6.07) is 8.20. The number of rotatable bonds is 2. The molecule has 1 fully saturated rings. The largest absolute Gasteiger partial charge is 0.255 e. The third-order valence-electron chi connectivity index (χ3n) is 3.26. The van der Waals surface area contributed by atoms with Crippen molar-refractivity contribution < 1.29 is 0 Å². The summed E-state index contributed by atoms with van der Waals surface area (Å²) in [6.07, 6.45) is 4.78. The molecule has 0 bridgehead atoms. The fourth-order valence-corrected chi connectivity index (χ4v) is 3.05. The Labute approximate surface area is 104 Å². The first-order valence-electron chi connectivity index (χ1n) is 5.63. The Morgan fingerprint density at radius 3 is 2.76 bits per heavy atom. The van der Waals surface area contributed by atoms with E-state index in [1.807, 2.05) is 23.6 Å². The van der Waals surface area contributed by atoms with Crippen LogP contribution in [0.3, 0.4) is 0 Å². The summed E-state index contributed by atoms with van der Waals surface area (Å²) in [7, 11) is 0. The first-order valence-corrected chi connectivity index (χ1v) is 6.51. The third kappa shape index (κ3) is 1.63. The van der Waals surface area contributed by atoms with Crippen molar-refractivity contribution in [2.45, 2.75) is 24.7 Å². The zero-order valence-electron chi connectivity index (χ0n) is 9.26. The predicted molar refractivity (Wildman–Crippen MR) is 66.5 cm³/mol. The van der Waals surface area contributed by atoms with Gasteiger partial charge in [0.2, 0.25) is 0 Å². The van der Waals surface area contributed by atoms with Gasteiger partial charge in [-0.15, -0.1) is 11.3 Å². The number of nitriles is 1. The zero-order valence-corrected chi connectivity index (χ0v) is 10.1. The van der Waals surface area contributed by atoms with Crippen LogP contribution in [0.25, 0.3) is 11.4 Å². The molecule has 2 aromatic rings. The maximum Gasteiger partial charge on any atom is 0.114 e. The van der Waals surface area contributed by atoms with E-state index in [0.29, 0.717) is 0 Å². The fraction of sp³-hybridized carbons (Fsp3) is 0.308. The fourth-order valence-electron chi connectivity index (χ4n) is 2.03. The molecule has 0 N–H and O–H groups in total. The third-order valence-corrected chi connectivity index (χ3v) is 4.31. The minimum absolute atomic E-state index is 0.308. The lowest BCUT2D eigenvalue weighted by molar-refractivity contribution is 0.323. The van der Waals surface area contributed by atoms with Crippen LogP contribution in [-0.2, 0) is 5.41 Å². The van der Waals surface area contributed by atoms with Crippen molar-refractivity contribution in [2.75, 3.05) is 0 Å². The number of pyridine rings is 1. The summed E-state index contributed by atoms with van der Waals surface area (Å²) in [4.78, 5) is 8.85. The Balaban J connectivity index is 1.97. The molecule has 0 spiro atoms. The molecular weight excluding hydrogens is 230 g/mol. The molecule has 0 atom stereocenters. The first-order chi connectivity index (χ1) is 8.34. The maximum atomic E-state index is 9.27. The van der Waals surface area contributed by atoms with Gasteiger partial charge in [-0.1, -0.05) is 6.07 Å². The monoisotopic (exact) mass is 241 g/mol. The Hall–Kier alpha value is -1.73. The van der Waals surface area contributed by atoms with E-state index in [9.17, 15) is 5.26 Å². The van der Waals surface area contributed by atoms with E-state index in [1.54, 1.807) is 17.5 Å². The first kappa shape index (κ1) is 10.4. The van der Waals surface area contributed by atoms with Gasteiger partial charge < -0.3 is 0 Å². The van der Waals surface area contributed by atoms with Gasteiger partial charge in [-0.05, 0) is 31.4 Å². The molecule has 0 unspecified atom stereocenters. The van der Waals surface area contributed by atoms with Crippen molar-refractivity contribution in [3.63, 3.8) is 0 Å². The van der Waals surface area contributed by atoms with E-state index in [2.05, 4.69) is 16.0 Å². The second-order valence-corrected chi connectivity index (χ2v) is 5.16. The van der Waals surface area contributed by atoms with Crippen LogP contribution in [0.4, 0.5) is 0 Å². The van der Waals surface area contributed by atoms with Gasteiger partial charge in [0.05, 0.1) is 17.5 Å². The van der Waals surface area contributed by atoms with Gasteiger partial charge in [-0.25, -0.2) is 4.98 Å². The molecule has 1 saturated carbocycles. The summed E-state index contributed by atoms with van der Waals surface area (Å²) >= 11 is 1.58. The molecule has 4 heteroatoms. The average Bonchev–Trinajstić information content (AvgIpc) is 2.80. The van der Waals surface area contributed by atoms with E-state index >= 15 is 0 Å². The molecule has 3 nitrogen and oxygen atoms in total. The van der Waals surface area contributed by atoms with Crippen LogP contribution in [0.15, 0.2) is 29.8 Å². The molecule has 84 valence electrons. The van der Waals surface area contributed by atoms with Crippen molar-refractivity contribution >= 4 is 11.3 Å². The molecule has 3 rings (SSSR count). The second-order valence-electron chi connectivity index (χ2n) is 4.30. The molecule has 2 aromatic heterocycles. The Kier molecular flexibility index (Phi) is 2.41. The van der Waals surface area contributed by atoms with Crippen LogP contribution in [-0.4, -0.2) is 9.97 Å². The average molecular weight is 241 g/mol. The van der Waals surface area contributed by atoms with Crippen molar-refractivity contribution in [1.82, 2.24) is 9.97 Å². The van der Waals surface area contributed by atoms with E-state index < -0.39 is 0 Å². The molecule has 0 radical (unpaired) electrons. The number of thiazole rings is 1. The van der Waals surface area contributed by atoms with Gasteiger partial charge in [0.25, 0.3) is 0 Å². The summed E-state index contributed by atoms with van der Waals surface area (Å²) in [5, 5.41) is 12.2. The van der Waals surface area contributed by atoms with Crippen molar-refractivity contribution in [3.8, 4) is 17.5 Å². The SMILES string of the molecule is N#CC1(c2nc(-c3ccccn3)cs2)CCC1. The van der Waals surface area contributed by atoms with Crippen LogP contribution < -0.4 is 0 Å². The number of aromatic nitrogens is 2. The molecular formula is C13H11N3S. The van der Waals surface area contributed by atoms with Gasteiger partial charge >= 0.3 is 0 Å². The Bertz CT molecular complexity index is 564. The standard InChI is InChI=1S/C13H11N3S/c14-9-13(5-3-6-13)12-16-11(8-17-12)10-4-1-2-7-15-10/h1-2,4,7-8H,3,5-6H2. The van der Waals surface area contributed by atoms with Crippen molar-refractivity contribution in [1.29, 1.82) is 5.26 Å². The molecule has 2 heterocycles. The van der Waals surface area contributed by atoms with Crippen LogP contribution in [0.5, 0.6) is 0 Å². The summed E-state index contributed by atoms with van der Waals surface area (Å²) in [5.74, 6) is 0. The van der Waals surface area contributed by atoms with Crippen LogP contribution in [0.1, 0.15) is 24.3 Å². The summed E-state index contributed by atoms with van der Waals surface area (Å²) in [6.45, 7) is 0. The van der Waals surface area contributed by atoms with Crippen molar-refractivity contribution in [3.05, 3.63) is 34.8 Å². The van der Waals surface area contributed by atoms with Crippen LogP contribution in [0, 0.1) is 11.3 Å². The minimum atomic E-state index is -0.308. The van der Waals surface area contributed by atoms with Gasteiger partial charge in [0, 0.05) is 11.6 Å². The molecule has 17 heavy (non-hydrogen) atoms. The number of nitrogens with zero attached hydrogens (tertiary/aromatic N) is 3. The highest BCUT2D eigenvalue weighted by Crippen LogP contribution is 2.44. The van der Waals surface area contributed by atoms with Gasteiger partial charge in [-0.2, -0.15) is 5.26 Å². The lowest BCUT2D eigenvalue weighted by Crippen LogP contribution is -2.32. The molecule has 0 saturated heterocycles. The molecule has 0 aliphatic heterocycles. The molecule has 0 aromatic carbocycles. The van der Waals surface area contributed by atoms with Gasteiger partial charge in [-0.3, -0.25) is 4.98 Å². The lowest BCUT2D eigenvalue weighted by Gasteiger charge is -2.32. The lowest BCUT2D eigenvalue weighted by atomic mass is 9.70. The molecule has 0 amide bonds. The smallest absolute Gasteiger partial charge is 0.114 e. The Morgan fingerprint density at radius 1 is 1.29 bits per heavy atom. The van der Waals surface area contributed by atoms with E-state index in [-0.39, 0.29) is 5.41 Å². The summed E-state index contributed by atoms with van der Waals surface area (Å²) < 4.78 is 0. The van der Waals surface area contributed by atoms with Crippen LogP contribution >= 0.6 is 11.3 Å². The van der Waals surface area contributed by atoms with Crippen LogP contribution in [0.2, 0.25) is 0 Å². The normalized spacial score (nSPS) is 17.1. The highest BCUT2D eigenvalue weighted by Gasteiger charge is 2.41. The minimum Gasteiger partial charge on any atom is -0.255 e. The van der Waals surface area contributed by atoms with E-state index in [1.165, 1.54) is 0 Å². The van der Waals surface area contributed by atoms with Crippen molar-refractivity contribution in [2.24, 2.45) is 0 Å². The van der Waals surface area contributed by atoms with E-state index in [4.69, 9.17) is 0 Å². The Morgan fingerprint density at radius 2 is 2.18 bits per heavy atom. The maximum absolute atomic E-state index is 9.27. The molecule has 1 aliphatic carbocycles. The number of hydrogen-bond donors (Lipinski definition) is 0.